The number of aromatic carboxylic acids is 1. The lowest BCUT2D eigenvalue weighted by Crippen LogP contribution is -2.87. The van der Waals surface area contributed by atoms with Gasteiger partial charge in [-0.25, -0.2) is 0 Å². The van der Waals surface area contributed by atoms with E-state index >= 15 is 0 Å². The normalized spacial score (nSPS) is 14.8. The number of carbonyl (C=O) groups excluding carboxylic acids is 1. The van der Waals surface area contributed by atoms with Crippen molar-refractivity contribution in [1.29, 1.82) is 0 Å². The smallest absolute Gasteiger partial charge is 0.0993 e. The van der Waals surface area contributed by atoms with Gasteiger partial charge in [0.15, 0.2) is 0 Å². The summed E-state index contributed by atoms with van der Waals surface area (Å²) in [7, 11) is 0. The number of hydrogen-bond acceptors (Lipinski definition) is 3. The Morgan fingerprint density at radius 1 is 1.25 bits per heavy atom. The van der Waals surface area contributed by atoms with Gasteiger partial charge in [-0.3, -0.25) is 0 Å². The molecule has 4 nitrogen and oxygen atoms in total. The largest absolute Gasteiger partial charge is 0.545 e. The number of carboxylic acids is 1. The van der Waals surface area contributed by atoms with E-state index in [4.69, 9.17) is 4.74 Å². The summed E-state index contributed by atoms with van der Waals surface area (Å²) in [5.74, 6) is -1.12. The highest BCUT2D eigenvalue weighted by atomic mass is 16.5. The van der Waals surface area contributed by atoms with Crippen molar-refractivity contribution >= 4 is 5.97 Å². The van der Waals surface area contributed by atoms with Crippen LogP contribution in [0.4, 0.5) is 0 Å². The van der Waals surface area contributed by atoms with E-state index in [1.54, 1.807) is 12.1 Å². The predicted octanol–water partition coefficient (Wildman–Crippen LogP) is -1.06. The Balaban J connectivity index is 0.000000181. The second-order valence-electron chi connectivity index (χ2n) is 3.63. The Bertz CT molecular complexity index is 306. The number of aryl methyl sites for hydroxylation is 1. The SMILES string of the molecule is C1COCC[NH2+]1.Cc1ccc(C(=O)[O-])cc1. The van der Waals surface area contributed by atoms with Crippen LogP contribution in [0.15, 0.2) is 24.3 Å². The van der Waals surface area contributed by atoms with E-state index < -0.39 is 5.97 Å². The molecule has 0 bridgehead atoms. The summed E-state index contributed by atoms with van der Waals surface area (Å²) < 4.78 is 5.04. The highest BCUT2D eigenvalue weighted by molar-refractivity contribution is 5.85. The fourth-order valence-corrected chi connectivity index (χ4v) is 1.27. The minimum atomic E-state index is -1.12. The Hall–Kier alpha value is -1.39. The van der Waals surface area contributed by atoms with Crippen molar-refractivity contribution in [3.8, 4) is 0 Å². The molecule has 0 atom stereocenters. The molecule has 0 spiro atoms. The van der Waals surface area contributed by atoms with Gasteiger partial charge in [-0.2, -0.15) is 0 Å². The first-order valence-electron chi connectivity index (χ1n) is 5.37. The van der Waals surface area contributed by atoms with Crippen molar-refractivity contribution in [2.24, 2.45) is 0 Å². The molecule has 0 unspecified atom stereocenters. The molecule has 0 radical (unpaired) electrons. The van der Waals surface area contributed by atoms with E-state index in [0.29, 0.717) is 0 Å². The lowest BCUT2D eigenvalue weighted by atomic mass is 10.2. The van der Waals surface area contributed by atoms with Crippen LogP contribution in [0.5, 0.6) is 0 Å². The molecule has 4 heteroatoms. The van der Waals surface area contributed by atoms with Crippen molar-refractivity contribution in [1.82, 2.24) is 0 Å². The second kappa shape index (κ2) is 6.98. The van der Waals surface area contributed by atoms with Gasteiger partial charge in [0.2, 0.25) is 0 Å². The predicted molar refractivity (Wildman–Crippen MR) is 58.0 cm³/mol. The number of carboxylic acid groups (broad SMARTS) is 1. The van der Waals surface area contributed by atoms with Crippen LogP contribution in [0.2, 0.25) is 0 Å². The highest BCUT2D eigenvalue weighted by Crippen LogP contribution is 2.00. The Morgan fingerprint density at radius 3 is 2.12 bits per heavy atom. The van der Waals surface area contributed by atoms with E-state index in [1.807, 2.05) is 6.92 Å². The zero-order chi connectivity index (χ0) is 11.8. The number of nitrogens with two attached hydrogens (primary N) is 1. The number of morpholine rings is 1. The molecule has 2 N–H and O–H groups in total. The first kappa shape index (κ1) is 12.7. The third-order valence-corrected chi connectivity index (χ3v) is 2.22. The van der Waals surface area contributed by atoms with Crippen molar-refractivity contribution < 1.29 is 20.0 Å². The van der Waals surface area contributed by atoms with Crippen LogP contribution in [0.1, 0.15) is 15.9 Å². The molecule has 1 heterocycles. The van der Waals surface area contributed by atoms with E-state index in [1.165, 1.54) is 12.1 Å². The summed E-state index contributed by atoms with van der Waals surface area (Å²) in [6, 6.07) is 6.55. The summed E-state index contributed by atoms with van der Waals surface area (Å²) in [6.45, 7) is 6.10. The maximum atomic E-state index is 10.2. The quantitative estimate of drug-likeness (QED) is 0.660. The molecular weight excluding hydrogens is 206 g/mol. The molecule has 88 valence electrons. The first-order chi connectivity index (χ1) is 7.70. The summed E-state index contributed by atoms with van der Waals surface area (Å²) in [4.78, 5) is 10.2. The van der Waals surface area contributed by atoms with Crippen LogP contribution in [-0.4, -0.2) is 32.3 Å². The van der Waals surface area contributed by atoms with E-state index in [9.17, 15) is 9.90 Å². The molecule has 1 aromatic carbocycles. The van der Waals surface area contributed by atoms with Gasteiger partial charge in [0.1, 0.15) is 0 Å². The van der Waals surface area contributed by atoms with Crippen molar-refractivity contribution in [2.45, 2.75) is 6.92 Å². The minimum absolute atomic E-state index is 0.227. The van der Waals surface area contributed by atoms with Crippen molar-refractivity contribution in [3.63, 3.8) is 0 Å². The lowest BCUT2D eigenvalue weighted by molar-refractivity contribution is -0.670. The lowest BCUT2D eigenvalue weighted by Gasteiger charge is -2.07. The monoisotopic (exact) mass is 223 g/mol. The van der Waals surface area contributed by atoms with Gasteiger partial charge < -0.3 is 20.0 Å². The van der Waals surface area contributed by atoms with Gasteiger partial charge in [0.05, 0.1) is 32.3 Å². The van der Waals surface area contributed by atoms with Crippen LogP contribution in [0.25, 0.3) is 0 Å². The molecule has 1 fully saturated rings. The number of carbonyl (C=O) groups is 1. The molecule has 0 amide bonds. The molecule has 1 aromatic rings. The number of quaternary nitrogens is 1. The van der Waals surface area contributed by atoms with Gasteiger partial charge in [-0.15, -0.1) is 0 Å². The van der Waals surface area contributed by atoms with Gasteiger partial charge in [0, 0.05) is 0 Å². The highest BCUT2D eigenvalue weighted by Gasteiger charge is 1.96. The van der Waals surface area contributed by atoms with Gasteiger partial charge in [0.25, 0.3) is 0 Å². The van der Waals surface area contributed by atoms with Gasteiger partial charge in [-0.05, 0) is 12.5 Å². The average Bonchev–Trinajstić information content (AvgIpc) is 2.32. The summed E-state index contributed by atoms with van der Waals surface area (Å²) in [5, 5.41) is 12.5. The molecule has 1 saturated heterocycles. The molecule has 2 rings (SSSR count). The maximum Gasteiger partial charge on any atom is 0.0993 e. The second-order valence-corrected chi connectivity index (χ2v) is 3.63. The molecule has 0 saturated carbocycles. The molecule has 0 aliphatic carbocycles. The van der Waals surface area contributed by atoms with E-state index in [2.05, 4.69) is 5.32 Å². The molecule has 16 heavy (non-hydrogen) atoms. The Labute approximate surface area is 95.2 Å². The summed E-state index contributed by atoms with van der Waals surface area (Å²) in [6.07, 6.45) is 0. The number of benzene rings is 1. The summed E-state index contributed by atoms with van der Waals surface area (Å²) >= 11 is 0. The number of hydrogen-bond donors (Lipinski definition) is 1. The van der Waals surface area contributed by atoms with Crippen LogP contribution in [0.3, 0.4) is 0 Å². The van der Waals surface area contributed by atoms with Crippen LogP contribution < -0.4 is 10.4 Å². The van der Waals surface area contributed by atoms with Crippen LogP contribution in [-0.2, 0) is 4.74 Å². The first-order valence-corrected chi connectivity index (χ1v) is 5.37. The third kappa shape index (κ3) is 4.91. The molecular formula is C12H17NO3. The Morgan fingerprint density at radius 2 is 1.81 bits per heavy atom. The zero-order valence-corrected chi connectivity index (χ0v) is 9.44. The van der Waals surface area contributed by atoms with E-state index in [-0.39, 0.29) is 5.56 Å². The van der Waals surface area contributed by atoms with Gasteiger partial charge >= 0.3 is 0 Å². The van der Waals surface area contributed by atoms with Crippen LogP contribution >= 0.6 is 0 Å². The molecule has 1 aliphatic rings. The van der Waals surface area contributed by atoms with Crippen molar-refractivity contribution in [2.75, 3.05) is 26.3 Å². The van der Waals surface area contributed by atoms with Gasteiger partial charge in [-0.1, -0.05) is 29.8 Å². The fraction of sp³-hybridized carbons (Fsp3) is 0.417. The Kier molecular flexibility index (Phi) is 5.53. The van der Waals surface area contributed by atoms with Crippen molar-refractivity contribution in [3.05, 3.63) is 35.4 Å². The number of rotatable bonds is 1. The van der Waals surface area contributed by atoms with Crippen LogP contribution in [0, 0.1) is 6.92 Å². The van der Waals surface area contributed by atoms with E-state index in [0.717, 1.165) is 31.9 Å². The standard InChI is InChI=1S/C8H8O2.C4H9NO/c1-6-2-4-7(5-3-6)8(9)10;1-3-6-4-2-5-1/h2-5H,1H3,(H,9,10);5H,1-4H2. The third-order valence-electron chi connectivity index (χ3n) is 2.22. The summed E-state index contributed by atoms with van der Waals surface area (Å²) in [5.41, 5.74) is 1.27. The topological polar surface area (TPSA) is 66.0 Å². The number of ether oxygens (including phenoxy) is 1. The maximum absolute atomic E-state index is 10.2. The average molecular weight is 223 g/mol. The molecule has 1 aliphatic heterocycles. The molecule has 0 aromatic heterocycles. The fourth-order valence-electron chi connectivity index (χ4n) is 1.27. The zero-order valence-electron chi connectivity index (χ0n) is 9.44. The minimum Gasteiger partial charge on any atom is -0.545 e.